The summed E-state index contributed by atoms with van der Waals surface area (Å²) in [4.78, 5) is 22.6. The summed E-state index contributed by atoms with van der Waals surface area (Å²) >= 11 is 0. The van der Waals surface area contributed by atoms with Crippen molar-refractivity contribution in [3.63, 3.8) is 0 Å². The second-order valence-electron chi connectivity index (χ2n) is 7.51. The third kappa shape index (κ3) is 2.91. The number of carbonyl (C=O) groups is 1. The Bertz CT molecular complexity index is 924. The third-order valence-corrected chi connectivity index (χ3v) is 4.75. The van der Waals surface area contributed by atoms with Crippen molar-refractivity contribution in [1.82, 2.24) is 14.9 Å². The molecule has 4 rings (SSSR count). The van der Waals surface area contributed by atoms with E-state index < -0.39 is 0 Å². The predicted molar refractivity (Wildman–Crippen MR) is 99.8 cm³/mol. The average Bonchev–Trinajstić information content (AvgIpc) is 2.97. The zero-order valence-corrected chi connectivity index (χ0v) is 14.8. The van der Waals surface area contributed by atoms with E-state index in [9.17, 15) is 4.79 Å². The van der Waals surface area contributed by atoms with Gasteiger partial charge in [-0.2, -0.15) is 0 Å². The Balaban J connectivity index is 1.60. The molecule has 0 bridgehead atoms. The number of aromatic amines is 1. The van der Waals surface area contributed by atoms with Crippen LogP contribution in [0.3, 0.4) is 0 Å². The first-order valence-corrected chi connectivity index (χ1v) is 8.49. The van der Waals surface area contributed by atoms with Gasteiger partial charge in [-0.3, -0.25) is 9.78 Å². The lowest BCUT2D eigenvalue weighted by Gasteiger charge is -2.37. The van der Waals surface area contributed by atoms with Crippen LogP contribution in [-0.2, 0) is 12.0 Å². The molecule has 1 aliphatic rings. The topological polar surface area (TPSA) is 61.0 Å². The normalized spacial score (nSPS) is 16.6. The van der Waals surface area contributed by atoms with Crippen LogP contribution < -0.4 is 5.32 Å². The Morgan fingerprint density at radius 2 is 2.08 bits per heavy atom. The smallest absolute Gasteiger partial charge is 0.272 e. The van der Waals surface area contributed by atoms with Gasteiger partial charge in [0.15, 0.2) is 0 Å². The van der Waals surface area contributed by atoms with Crippen LogP contribution in [0.2, 0.25) is 0 Å². The summed E-state index contributed by atoms with van der Waals surface area (Å²) in [7, 11) is 2.11. The van der Waals surface area contributed by atoms with Crippen molar-refractivity contribution in [2.24, 2.45) is 0 Å². The molecule has 0 radical (unpaired) electrons. The highest BCUT2D eigenvalue weighted by Crippen LogP contribution is 2.32. The van der Waals surface area contributed by atoms with Gasteiger partial charge in [0, 0.05) is 29.4 Å². The van der Waals surface area contributed by atoms with E-state index >= 15 is 0 Å². The number of aromatic nitrogens is 2. The SMILES string of the molecule is CN1Cc2cc(NC(=O)c3cc4ccccc4[nH]3)cnc2C(C)(C)C1. The van der Waals surface area contributed by atoms with Gasteiger partial charge in [0.25, 0.3) is 5.91 Å². The Morgan fingerprint density at radius 1 is 1.28 bits per heavy atom. The van der Waals surface area contributed by atoms with Crippen LogP contribution in [0.15, 0.2) is 42.6 Å². The van der Waals surface area contributed by atoms with Crippen LogP contribution in [0.4, 0.5) is 5.69 Å². The molecule has 3 heterocycles. The van der Waals surface area contributed by atoms with Crippen molar-refractivity contribution < 1.29 is 4.79 Å². The lowest BCUT2D eigenvalue weighted by molar-refractivity contribution is 0.102. The monoisotopic (exact) mass is 334 g/mol. The highest BCUT2D eigenvalue weighted by atomic mass is 16.1. The maximum atomic E-state index is 12.6. The highest BCUT2D eigenvalue weighted by molar-refractivity contribution is 6.05. The fourth-order valence-corrected chi connectivity index (χ4v) is 3.80. The molecule has 0 saturated carbocycles. The van der Waals surface area contributed by atoms with Crippen LogP contribution >= 0.6 is 0 Å². The van der Waals surface area contributed by atoms with E-state index in [1.54, 1.807) is 6.20 Å². The summed E-state index contributed by atoms with van der Waals surface area (Å²) in [5.41, 5.74) is 4.55. The molecule has 0 fully saturated rings. The zero-order valence-electron chi connectivity index (χ0n) is 14.8. The molecule has 2 aromatic heterocycles. The van der Waals surface area contributed by atoms with Gasteiger partial charge in [0.2, 0.25) is 0 Å². The molecule has 0 spiro atoms. The fraction of sp³-hybridized carbons (Fsp3) is 0.300. The van der Waals surface area contributed by atoms with Gasteiger partial charge in [0.1, 0.15) is 5.69 Å². The summed E-state index contributed by atoms with van der Waals surface area (Å²) in [6, 6.07) is 11.8. The number of fused-ring (bicyclic) bond motifs is 2. The molecule has 5 nitrogen and oxygen atoms in total. The first-order valence-electron chi connectivity index (χ1n) is 8.49. The predicted octanol–water partition coefficient (Wildman–Crippen LogP) is 3.54. The molecule has 1 aromatic carbocycles. The number of rotatable bonds is 2. The Labute approximate surface area is 147 Å². The van der Waals surface area contributed by atoms with Gasteiger partial charge in [-0.05, 0) is 30.8 Å². The second kappa shape index (κ2) is 5.70. The van der Waals surface area contributed by atoms with Gasteiger partial charge in [-0.1, -0.05) is 32.0 Å². The number of anilines is 1. The minimum absolute atomic E-state index is 0.0159. The largest absolute Gasteiger partial charge is 0.351 e. The standard InChI is InChI=1S/C20H22N4O/c1-20(2)12-24(3)11-14-8-15(10-21-18(14)20)22-19(25)17-9-13-6-4-5-7-16(13)23-17/h4-10,23H,11-12H2,1-3H3,(H,22,25). The first-order chi connectivity index (χ1) is 11.9. The number of benzene rings is 1. The molecule has 128 valence electrons. The van der Waals surface area contributed by atoms with Gasteiger partial charge >= 0.3 is 0 Å². The molecule has 1 amide bonds. The van der Waals surface area contributed by atoms with Crippen LogP contribution in [0.25, 0.3) is 10.9 Å². The van der Waals surface area contributed by atoms with E-state index in [2.05, 4.69) is 41.1 Å². The lowest BCUT2D eigenvalue weighted by atomic mass is 9.82. The van der Waals surface area contributed by atoms with E-state index in [1.165, 1.54) is 5.56 Å². The van der Waals surface area contributed by atoms with Crippen molar-refractivity contribution in [3.05, 3.63) is 59.5 Å². The number of nitrogens with zero attached hydrogens (tertiary/aromatic N) is 2. The Hall–Kier alpha value is -2.66. The molecule has 0 unspecified atom stereocenters. The van der Waals surface area contributed by atoms with E-state index in [-0.39, 0.29) is 11.3 Å². The summed E-state index contributed by atoms with van der Waals surface area (Å²) < 4.78 is 0. The van der Waals surface area contributed by atoms with E-state index in [4.69, 9.17) is 0 Å². The van der Waals surface area contributed by atoms with Crippen molar-refractivity contribution >= 4 is 22.5 Å². The van der Waals surface area contributed by atoms with Crippen LogP contribution in [0.5, 0.6) is 0 Å². The number of carbonyl (C=O) groups excluding carboxylic acids is 1. The third-order valence-electron chi connectivity index (χ3n) is 4.75. The molecule has 25 heavy (non-hydrogen) atoms. The van der Waals surface area contributed by atoms with Crippen molar-refractivity contribution in [2.45, 2.75) is 25.8 Å². The zero-order chi connectivity index (χ0) is 17.6. The number of hydrogen-bond donors (Lipinski definition) is 2. The van der Waals surface area contributed by atoms with Gasteiger partial charge in [-0.25, -0.2) is 0 Å². The molecular weight excluding hydrogens is 312 g/mol. The minimum atomic E-state index is -0.152. The molecule has 0 saturated heterocycles. The molecule has 5 heteroatoms. The molecule has 1 aliphatic heterocycles. The molecular formula is C20H22N4O. The molecule has 2 N–H and O–H groups in total. The number of amides is 1. The quantitative estimate of drug-likeness (QED) is 0.753. The minimum Gasteiger partial charge on any atom is -0.351 e. The molecule has 0 atom stereocenters. The van der Waals surface area contributed by atoms with Crippen molar-refractivity contribution in [3.8, 4) is 0 Å². The second-order valence-corrected chi connectivity index (χ2v) is 7.51. The van der Waals surface area contributed by atoms with E-state index in [0.29, 0.717) is 5.69 Å². The van der Waals surface area contributed by atoms with Crippen molar-refractivity contribution in [2.75, 3.05) is 18.9 Å². The number of pyridine rings is 1. The van der Waals surface area contributed by atoms with Gasteiger partial charge in [-0.15, -0.1) is 0 Å². The molecule has 0 aliphatic carbocycles. The van der Waals surface area contributed by atoms with Gasteiger partial charge < -0.3 is 15.2 Å². The Morgan fingerprint density at radius 3 is 2.88 bits per heavy atom. The van der Waals surface area contributed by atoms with Crippen LogP contribution in [-0.4, -0.2) is 34.4 Å². The number of likely N-dealkylation sites (N-methyl/N-ethyl adjacent to an activating group) is 1. The summed E-state index contributed by atoms with van der Waals surface area (Å²) in [5, 5.41) is 3.99. The first kappa shape index (κ1) is 15.8. The number of para-hydroxylation sites is 1. The van der Waals surface area contributed by atoms with E-state index in [1.807, 2.05) is 36.4 Å². The Kier molecular flexibility index (Phi) is 3.62. The lowest BCUT2D eigenvalue weighted by Crippen LogP contribution is -2.40. The van der Waals surface area contributed by atoms with E-state index in [0.717, 1.165) is 35.4 Å². The van der Waals surface area contributed by atoms with Gasteiger partial charge in [0.05, 0.1) is 17.6 Å². The number of nitrogens with one attached hydrogen (secondary N) is 2. The van der Waals surface area contributed by atoms with Crippen molar-refractivity contribution in [1.29, 1.82) is 0 Å². The fourth-order valence-electron chi connectivity index (χ4n) is 3.80. The maximum absolute atomic E-state index is 12.6. The summed E-state index contributed by atoms with van der Waals surface area (Å²) in [6.07, 6.45) is 1.76. The maximum Gasteiger partial charge on any atom is 0.272 e. The van der Waals surface area contributed by atoms with Crippen LogP contribution in [0, 0.1) is 0 Å². The average molecular weight is 334 g/mol. The number of H-pyrrole nitrogens is 1. The highest BCUT2D eigenvalue weighted by Gasteiger charge is 2.31. The molecule has 3 aromatic rings. The van der Waals surface area contributed by atoms with Crippen LogP contribution in [0.1, 0.15) is 35.6 Å². The summed E-state index contributed by atoms with van der Waals surface area (Å²) in [5.74, 6) is -0.152. The number of hydrogen-bond acceptors (Lipinski definition) is 3. The summed E-state index contributed by atoms with van der Waals surface area (Å²) in [6.45, 7) is 6.24.